The van der Waals surface area contributed by atoms with E-state index in [2.05, 4.69) is 9.97 Å². The fourth-order valence-electron chi connectivity index (χ4n) is 1.49. The van der Waals surface area contributed by atoms with Crippen LogP contribution in [0.4, 0.5) is 0 Å². The van der Waals surface area contributed by atoms with Crippen molar-refractivity contribution in [1.29, 1.82) is 0 Å². The molecule has 0 saturated heterocycles. The van der Waals surface area contributed by atoms with Crippen LogP contribution in [-0.4, -0.2) is 30.4 Å². The van der Waals surface area contributed by atoms with Gasteiger partial charge in [-0.15, -0.1) is 0 Å². The van der Waals surface area contributed by atoms with Crippen molar-refractivity contribution < 1.29 is 9.53 Å². The van der Waals surface area contributed by atoms with E-state index in [1.807, 2.05) is 26.8 Å². The normalized spacial score (nSPS) is 9.68. The average molecular weight is 256 g/mol. The van der Waals surface area contributed by atoms with Crippen molar-refractivity contribution in [3.05, 3.63) is 29.7 Å². The minimum absolute atomic E-state index is 0.0727. The summed E-state index contributed by atoms with van der Waals surface area (Å²) in [5, 5.41) is 0.807. The molecule has 2 rings (SSSR count). The third kappa shape index (κ3) is 3.53. The number of esters is 1. The number of carbonyl (C=O) groups is 1. The van der Waals surface area contributed by atoms with Crippen molar-refractivity contribution in [2.75, 3.05) is 6.61 Å². The Morgan fingerprint density at radius 3 is 2.68 bits per heavy atom. The summed E-state index contributed by atoms with van der Waals surface area (Å²) >= 11 is 0. The minimum atomic E-state index is -0.510. The van der Waals surface area contributed by atoms with Gasteiger partial charge in [0.25, 0.3) is 0 Å². The Bertz CT molecular complexity index is 585. The van der Waals surface area contributed by atoms with Gasteiger partial charge in [-0.05, 0) is 19.9 Å². The summed E-state index contributed by atoms with van der Waals surface area (Å²) in [6, 6.07) is 3.62. The molecule has 1 aromatic carbocycles. The van der Waals surface area contributed by atoms with Gasteiger partial charge < -0.3 is 4.74 Å². The van der Waals surface area contributed by atoms with Crippen molar-refractivity contribution in [2.24, 2.45) is 0 Å². The summed E-state index contributed by atoms with van der Waals surface area (Å²) in [5.74, 6) is -0.438. The molecule has 19 heavy (non-hydrogen) atoms. The second-order valence-electron chi connectivity index (χ2n) is 3.68. The monoisotopic (exact) mass is 256 g/mol. The molecule has 0 aliphatic carbocycles. The second-order valence-corrected chi connectivity index (χ2v) is 3.68. The van der Waals surface area contributed by atoms with Gasteiger partial charge in [-0.3, -0.25) is 0 Å². The van der Waals surface area contributed by atoms with Crippen LogP contribution in [0.1, 0.15) is 37.0 Å². The van der Waals surface area contributed by atoms with Crippen LogP contribution in [0.5, 0.6) is 0 Å². The lowest BCUT2D eigenvalue weighted by Crippen LogP contribution is -2.11. The van der Waals surface area contributed by atoms with Gasteiger partial charge in [0.1, 0.15) is 7.85 Å². The Labute approximate surface area is 114 Å². The third-order valence-electron chi connectivity index (χ3n) is 2.43. The van der Waals surface area contributed by atoms with Crippen LogP contribution >= 0.6 is 0 Å². The smallest absolute Gasteiger partial charge is 0.376 e. The molecule has 0 aliphatic heterocycles. The summed E-state index contributed by atoms with van der Waals surface area (Å²) in [6.45, 7) is 7.94. The number of benzene rings is 1. The zero-order valence-electron chi connectivity index (χ0n) is 11.7. The molecular weight excluding hydrogens is 239 g/mol. The van der Waals surface area contributed by atoms with Crippen molar-refractivity contribution in [3.8, 4) is 0 Å². The molecule has 0 unspecified atom stereocenters. The van der Waals surface area contributed by atoms with Crippen LogP contribution < -0.4 is 5.46 Å². The lowest BCUT2D eigenvalue weighted by molar-refractivity contribution is 0.0512. The highest BCUT2D eigenvalue weighted by atomic mass is 16.5. The van der Waals surface area contributed by atoms with Gasteiger partial charge in [-0.1, -0.05) is 30.9 Å². The topological polar surface area (TPSA) is 52.1 Å². The highest BCUT2D eigenvalue weighted by Crippen LogP contribution is 2.11. The van der Waals surface area contributed by atoms with Crippen molar-refractivity contribution >= 4 is 30.2 Å². The van der Waals surface area contributed by atoms with Crippen LogP contribution in [0.15, 0.2) is 18.3 Å². The summed E-state index contributed by atoms with van der Waals surface area (Å²) < 4.78 is 4.84. The van der Waals surface area contributed by atoms with E-state index >= 15 is 0 Å². The summed E-state index contributed by atoms with van der Waals surface area (Å²) in [7, 11) is 5.78. The molecule has 2 aromatic rings. The van der Waals surface area contributed by atoms with E-state index < -0.39 is 5.97 Å². The molecule has 4 nitrogen and oxygen atoms in total. The van der Waals surface area contributed by atoms with Crippen LogP contribution in [0.25, 0.3) is 10.9 Å². The predicted octanol–water partition coefficient (Wildman–Crippen LogP) is 1.93. The number of carbonyl (C=O) groups excluding carboxylic acids is 1. The average Bonchev–Trinajstić information content (AvgIpc) is 2.42. The fraction of sp³-hybridized carbons (Fsp3) is 0.357. The number of aromatic nitrogens is 2. The van der Waals surface area contributed by atoms with Gasteiger partial charge in [0.05, 0.1) is 12.1 Å². The Morgan fingerprint density at radius 1 is 1.37 bits per heavy atom. The number of hydrogen-bond donors (Lipinski definition) is 0. The van der Waals surface area contributed by atoms with E-state index in [1.54, 1.807) is 19.2 Å². The molecule has 1 aromatic heterocycles. The molecule has 0 aliphatic rings. The van der Waals surface area contributed by atoms with Crippen molar-refractivity contribution in [2.45, 2.75) is 27.7 Å². The molecule has 98 valence electrons. The number of ether oxygens (including phenoxy) is 1. The maximum Gasteiger partial charge on any atom is 0.376 e. The minimum Gasteiger partial charge on any atom is -0.460 e. The molecule has 0 spiro atoms. The summed E-state index contributed by atoms with van der Waals surface area (Å²) in [6.07, 6.45) is 1.57. The van der Waals surface area contributed by atoms with E-state index in [9.17, 15) is 4.79 Å². The number of nitrogens with zero attached hydrogens (tertiary/aromatic N) is 2. The molecular formula is C14H17BN2O2. The zero-order valence-corrected chi connectivity index (χ0v) is 11.7. The van der Waals surface area contributed by atoms with Gasteiger partial charge >= 0.3 is 5.97 Å². The lowest BCUT2D eigenvalue weighted by Gasteiger charge is -2.05. The Balaban J connectivity index is 0.000000861. The third-order valence-corrected chi connectivity index (χ3v) is 2.43. The second kappa shape index (κ2) is 6.88. The SMILES string of the molecule is CC.[B]c1cc2cnc(C(=O)OCC)nc2cc1C. The van der Waals surface area contributed by atoms with Crippen molar-refractivity contribution in [3.63, 3.8) is 0 Å². The van der Waals surface area contributed by atoms with E-state index in [-0.39, 0.29) is 5.82 Å². The largest absolute Gasteiger partial charge is 0.460 e. The maximum atomic E-state index is 11.5. The fourth-order valence-corrected chi connectivity index (χ4v) is 1.49. The quantitative estimate of drug-likeness (QED) is 0.608. The van der Waals surface area contributed by atoms with E-state index in [1.165, 1.54) is 0 Å². The first-order valence-electron chi connectivity index (χ1n) is 6.32. The molecule has 2 radical (unpaired) electrons. The van der Waals surface area contributed by atoms with Gasteiger partial charge in [0, 0.05) is 11.6 Å². The first kappa shape index (κ1) is 15.2. The number of hydrogen-bond acceptors (Lipinski definition) is 4. The first-order valence-corrected chi connectivity index (χ1v) is 6.32. The van der Waals surface area contributed by atoms with Gasteiger partial charge in [0.2, 0.25) is 5.82 Å². The number of aryl methyl sites for hydroxylation is 1. The number of rotatable bonds is 2. The predicted molar refractivity (Wildman–Crippen MR) is 77.0 cm³/mol. The van der Waals surface area contributed by atoms with Crippen LogP contribution in [0.3, 0.4) is 0 Å². The molecule has 0 bridgehead atoms. The first-order chi connectivity index (χ1) is 9.11. The molecule has 5 heteroatoms. The van der Waals surface area contributed by atoms with Crippen LogP contribution in [0.2, 0.25) is 0 Å². The Hall–Kier alpha value is -1.91. The van der Waals surface area contributed by atoms with E-state index in [0.717, 1.165) is 10.9 Å². The molecule has 0 atom stereocenters. The molecule has 0 fully saturated rings. The summed E-state index contributed by atoms with van der Waals surface area (Å²) in [4.78, 5) is 19.6. The Morgan fingerprint density at radius 2 is 2.05 bits per heavy atom. The maximum absolute atomic E-state index is 11.5. The molecule has 0 N–H and O–H groups in total. The molecule has 0 amide bonds. The van der Waals surface area contributed by atoms with Gasteiger partial charge in [-0.2, -0.15) is 0 Å². The van der Waals surface area contributed by atoms with Crippen molar-refractivity contribution in [1.82, 2.24) is 9.97 Å². The van der Waals surface area contributed by atoms with Gasteiger partial charge in [0.15, 0.2) is 0 Å². The standard InChI is InChI=1S/C12H11BN2O2.C2H6/c1-3-17-12(16)11-14-6-8-5-9(13)7(2)4-10(8)15-11;1-2/h4-6H,3H2,1-2H3;1-2H3. The van der Waals surface area contributed by atoms with E-state index in [0.29, 0.717) is 17.6 Å². The van der Waals surface area contributed by atoms with Gasteiger partial charge in [-0.25, -0.2) is 14.8 Å². The summed E-state index contributed by atoms with van der Waals surface area (Å²) in [5.41, 5.74) is 2.30. The molecule has 0 saturated carbocycles. The highest BCUT2D eigenvalue weighted by Gasteiger charge is 2.11. The van der Waals surface area contributed by atoms with E-state index in [4.69, 9.17) is 12.6 Å². The zero-order chi connectivity index (χ0) is 14.4. The molecule has 1 heterocycles. The number of fused-ring (bicyclic) bond motifs is 1. The lowest BCUT2D eigenvalue weighted by atomic mass is 9.90. The highest BCUT2D eigenvalue weighted by molar-refractivity contribution is 6.34. The van der Waals surface area contributed by atoms with Crippen LogP contribution in [0, 0.1) is 6.92 Å². The Kier molecular flexibility index (Phi) is 5.48. The van der Waals surface area contributed by atoms with Crippen LogP contribution in [-0.2, 0) is 4.74 Å².